The van der Waals surface area contributed by atoms with Crippen molar-refractivity contribution in [3.63, 3.8) is 0 Å². The van der Waals surface area contributed by atoms with Gasteiger partial charge in [0.15, 0.2) is 0 Å². The number of hydrogen-bond acceptors (Lipinski definition) is 4. The van der Waals surface area contributed by atoms with E-state index in [0.29, 0.717) is 17.0 Å². The van der Waals surface area contributed by atoms with Crippen molar-refractivity contribution in [1.82, 2.24) is 4.90 Å². The van der Waals surface area contributed by atoms with Crippen LogP contribution in [0.4, 0.5) is 5.69 Å². The molecular formula is C14H16ClN3O2. The van der Waals surface area contributed by atoms with Crippen LogP contribution in [-0.4, -0.2) is 37.2 Å². The number of nitrogens with zero attached hydrogens (tertiary/aromatic N) is 2. The maximum absolute atomic E-state index is 11.4. The van der Waals surface area contributed by atoms with E-state index in [9.17, 15) is 9.59 Å². The van der Waals surface area contributed by atoms with Crippen LogP contribution >= 0.6 is 11.6 Å². The minimum Gasteiger partial charge on any atom is -0.388 e. The molecule has 0 aromatic heterocycles. The molecule has 1 aromatic rings. The lowest BCUT2D eigenvalue weighted by atomic mass is 9.97. The molecule has 0 heterocycles. The van der Waals surface area contributed by atoms with E-state index in [1.165, 1.54) is 4.90 Å². The second-order valence-corrected chi connectivity index (χ2v) is 4.77. The summed E-state index contributed by atoms with van der Waals surface area (Å²) in [6, 6.07) is 6.56. The van der Waals surface area contributed by atoms with Crippen molar-refractivity contribution in [3.05, 3.63) is 28.8 Å². The number of amides is 1. The highest BCUT2D eigenvalue weighted by Crippen LogP contribution is 2.27. The topological polar surface area (TPSA) is 73.2 Å². The van der Waals surface area contributed by atoms with Crippen LogP contribution in [0.3, 0.4) is 0 Å². The fourth-order valence-corrected chi connectivity index (χ4v) is 2.06. The molecule has 0 radical (unpaired) electrons. The van der Waals surface area contributed by atoms with Crippen LogP contribution < -0.4 is 5.32 Å². The molecule has 1 rings (SSSR count). The molecule has 2 unspecified atom stereocenters. The molecular weight excluding hydrogens is 278 g/mol. The van der Waals surface area contributed by atoms with Crippen molar-refractivity contribution < 1.29 is 9.59 Å². The largest absolute Gasteiger partial charge is 0.388 e. The van der Waals surface area contributed by atoms with Crippen LogP contribution in [0.1, 0.15) is 18.4 Å². The maximum Gasteiger partial charge on any atom is 0.210 e. The first-order chi connectivity index (χ1) is 9.57. The number of hydrogen-bond donors (Lipinski definition) is 1. The van der Waals surface area contributed by atoms with Crippen molar-refractivity contribution in [2.45, 2.75) is 18.9 Å². The van der Waals surface area contributed by atoms with E-state index in [-0.39, 0.29) is 6.54 Å². The van der Waals surface area contributed by atoms with E-state index in [0.717, 1.165) is 12.0 Å². The lowest BCUT2D eigenvalue weighted by Gasteiger charge is -2.24. The van der Waals surface area contributed by atoms with Gasteiger partial charge in [-0.15, -0.1) is 0 Å². The Bertz CT molecular complexity index is 528. The van der Waals surface area contributed by atoms with Crippen LogP contribution in [0, 0.1) is 11.3 Å². The smallest absolute Gasteiger partial charge is 0.210 e. The standard InChI is InChI=1S/C14H16ClN3O2/c1-10(6-16)18(9-20)7-11(8-19)13-5-12(15)3-4-14(13)17-2/h3-5,8-11,17H,7H2,1-2H3. The predicted molar refractivity (Wildman–Crippen MR) is 77.6 cm³/mol. The average molecular weight is 294 g/mol. The third-order valence-electron chi connectivity index (χ3n) is 3.07. The first-order valence-electron chi connectivity index (χ1n) is 6.10. The lowest BCUT2D eigenvalue weighted by Crippen LogP contribution is -2.35. The molecule has 0 spiro atoms. The molecule has 0 bridgehead atoms. The second-order valence-electron chi connectivity index (χ2n) is 4.33. The zero-order valence-electron chi connectivity index (χ0n) is 11.3. The van der Waals surface area contributed by atoms with Crippen molar-refractivity contribution in [2.75, 3.05) is 18.9 Å². The highest BCUT2D eigenvalue weighted by atomic mass is 35.5. The highest BCUT2D eigenvalue weighted by Gasteiger charge is 2.21. The van der Waals surface area contributed by atoms with Crippen molar-refractivity contribution in [2.24, 2.45) is 0 Å². The third-order valence-corrected chi connectivity index (χ3v) is 3.31. The van der Waals surface area contributed by atoms with Crippen LogP contribution in [0.25, 0.3) is 0 Å². The number of benzene rings is 1. The zero-order chi connectivity index (χ0) is 15.1. The van der Waals surface area contributed by atoms with E-state index in [2.05, 4.69) is 5.32 Å². The van der Waals surface area contributed by atoms with Gasteiger partial charge in [-0.05, 0) is 30.7 Å². The third kappa shape index (κ3) is 3.72. The van der Waals surface area contributed by atoms with Crippen LogP contribution in [0.15, 0.2) is 18.2 Å². The normalized spacial score (nSPS) is 12.9. The molecule has 0 fully saturated rings. The number of nitriles is 1. The Morgan fingerprint density at radius 1 is 1.50 bits per heavy atom. The van der Waals surface area contributed by atoms with Gasteiger partial charge in [-0.3, -0.25) is 4.79 Å². The number of nitrogens with one attached hydrogen (secondary N) is 1. The van der Waals surface area contributed by atoms with E-state index >= 15 is 0 Å². The quantitative estimate of drug-likeness (QED) is 0.781. The minimum absolute atomic E-state index is 0.136. The van der Waals surface area contributed by atoms with Gasteiger partial charge >= 0.3 is 0 Å². The summed E-state index contributed by atoms with van der Waals surface area (Å²) in [5, 5.41) is 12.4. The zero-order valence-corrected chi connectivity index (χ0v) is 12.1. The lowest BCUT2D eigenvalue weighted by molar-refractivity contribution is -0.119. The molecule has 5 nitrogen and oxygen atoms in total. The summed E-state index contributed by atoms with van der Waals surface area (Å²) in [5.41, 5.74) is 1.47. The number of anilines is 1. The first kappa shape index (κ1) is 16.0. The molecule has 0 aliphatic carbocycles. The summed E-state index contributed by atoms with van der Waals surface area (Å²) >= 11 is 5.96. The summed E-state index contributed by atoms with van der Waals surface area (Å²) in [5.74, 6) is -0.544. The van der Waals surface area contributed by atoms with E-state index in [1.807, 2.05) is 6.07 Å². The van der Waals surface area contributed by atoms with Gasteiger partial charge in [-0.2, -0.15) is 5.26 Å². The summed E-state index contributed by atoms with van der Waals surface area (Å²) < 4.78 is 0. The predicted octanol–water partition coefficient (Wildman–Crippen LogP) is 2.03. The van der Waals surface area contributed by atoms with Crippen molar-refractivity contribution >= 4 is 30.0 Å². The van der Waals surface area contributed by atoms with Crippen molar-refractivity contribution in [1.29, 1.82) is 5.26 Å². The van der Waals surface area contributed by atoms with Gasteiger partial charge in [-0.25, -0.2) is 0 Å². The van der Waals surface area contributed by atoms with Gasteiger partial charge in [0.1, 0.15) is 12.3 Å². The molecule has 6 heteroatoms. The summed E-state index contributed by atoms with van der Waals surface area (Å²) in [7, 11) is 1.74. The highest BCUT2D eigenvalue weighted by molar-refractivity contribution is 6.30. The number of carbonyl (C=O) groups excluding carboxylic acids is 2. The summed E-state index contributed by atoms with van der Waals surface area (Å²) in [6.07, 6.45) is 1.33. The Kier molecular flexibility index (Phi) is 6.01. The average Bonchev–Trinajstić information content (AvgIpc) is 2.47. The fraction of sp³-hybridized carbons (Fsp3) is 0.357. The molecule has 0 aliphatic heterocycles. The molecule has 0 saturated carbocycles. The van der Waals surface area contributed by atoms with Crippen LogP contribution in [-0.2, 0) is 9.59 Å². The molecule has 0 saturated heterocycles. The summed E-state index contributed by atoms with van der Waals surface area (Å²) in [4.78, 5) is 23.7. The Balaban J connectivity index is 3.07. The molecule has 20 heavy (non-hydrogen) atoms. The summed E-state index contributed by atoms with van der Waals surface area (Å²) in [6.45, 7) is 1.74. The van der Waals surface area contributed by atoms with Gasteiger partial charge in [0.25, 0.3) is 0 Å². The Morgan fingerprint density at radius 2 is 2.20 bits per heavy atom. The Morgan fingerprint density at radius 3 is 2.70 bits per heavy atom. The molecule has 1 amide bonds. The molecule has 0 aliphatic rings. The van der Waals surface area contributed by atoms with Gasteiger partial charge in [0, 0.05) is 24.3 Å². The molecule has 106 valence electrons. The van der Waals surface area contributed by atoms with E-state index in [4.69, 9.17) is 16.9 Å². The van der Waals surface area contributed by atoms with Gasteiger partial charge in [-0.1, -0.05) is 11.6 Å². The monoisotopic (exact) mass is 293 g/mol. The number of rotatable bonds is 7. The van der Waals surface area contributed by atoms with Gasteiger partial charge in [0.05, 0.1) is 12.0 Å². The van der Waals surface area contributed by atoms with Crippen molar-refractivity contribution in [3.8, 4) is 6.07 Å². The minimum atomic E-state index is -0.591. The van der Waals surface area contributed by atoms with Gasteiger partial charge < -0.3 is 15.0 Å². The number of halogens is 1. The number of aldehydes is 1. The first-order valence-corrected chi connectivity index (χ1v) is 6.48. The van der Waals surface area contributed by atoms with E-state index < -0.39 is 12.0 Å². The molecule has 2 atom stereocenters. The van der Waals surface area contributed by atoms with Crippen LogP contribution in [0.2, 0.25) is 5.02 Å². The SMILES string of the molecule is CNc1ccc(Cl)cc1C(C=O)CN(C=O)C(C)C#N. The number of carbonyl (C=O) groups is 2. The fourth-order valence-electron chi connectivity index (χ4n) is 1.88. The van der Waals surface area contributed by atoms with Gasteiger partial charge in [0.2, 0.25) is 6.41 Å². The Labute approximate surface area is 123 Å². The molecule has 1 aromatic carbocycles. The van der Waals surface area contributed by atoms with E-state index in [1.54, 1.807) is 32.2 Å². The Hall–Kier alpha value is -2.06. The second kappa shape index (κ2) is 7.51. The maximum atomic E-state index is 11.4. The van der Waals surface area contributed by atoms with Crippen LogP contribution in [0.5, 0.6) is 0 Å². The molecule has 1 N–H and O–H groups in total.